The van der Waals surface area contributed by atoms with Crippen LogP contribution in [0.1, 0.15) is 0 Å². The minimum absolute atomic E-state index is 0.462. The van der Waals surface area contributed by atoms with Crippen molar-refractivity contribution in [2.45, 2.75) is 0 Å². The highest BCUT2D eigenvalue weighted by molar-refractivity contribution is 7.18. The van der Waals surface area contributed by atoms with Crippen LogP contribution in [-0.2, 0) is 0 Å². The molecule has 0 spiro atoms. The fraction of sp³-hybridized carbons (Fsp3) is 0.111. The third-order valence-corrected chi connectivity index (χ3v) is 2.48. The molecule has 1 aromatic carbocycles. The summed E-state index contributed by atoms with van der Waals surface area (Å²) in [6, 6.07) is 8.53. The molecule has 71 valence electrons. The van der Waals surface area contributed by atoms with E-state index < -0.39 is 0 Å². The molecule has 0 fully saturated rings. The summed E-state index contributed by atoms with van der Waals surface area (Å²) in [5.74, 6) is 0.770. The third kappa shape index (κ3) is 1.67. The van der Waals surface area contributed by atoms with Gasteiger partial charge in [-0.2, -0.15) is 0 Å². The summed E-state index contributed by atoms with van der Waals surface area (Å²) >= 11 is 1.34. The summed E-state index contributed by atoms with van der Waals surface area (Å²) in [6.07, 6.45) is 0. The van der Waals surface area contributed by atoms with Crippen LogP contribution in [0.5, 0.6) is 5.75 Å². The maximum absolute atomic E-state index is 5.48. The third-order valence-electron chi connectivity index (χ3n) is 1.69. The van der Waals surface area contributed by atoms with E-state index in [0.717, 1.165) is 16.3 Å². The number of anilines is 1. The molecule has 0 aliphatic heterocycles. The lowest BCUT2D eigenvalue weighted by Gasteiger charge is -1.98. The van der Waals surface area contributed by atoms with Gasteiger partial charge in [0.2, 0.25) is 5.13 Å². The topological polar surface area (TPSA) is 61.0 Å². The molecule has 2 rings (SSSR count). The molecular weight excluding hydrogens is 198 g/mol. The van der Waals surface area contributed by atoms with Crippen molar-refractivity contribution in [2.75, 3.05) is 12.8 Å². The Morgan fingerprint density at radius 2 is 2.29 bits per heavy atom. The number of aromatic nitrogens is 2. The van der Waals surface area contributed by atoms with Crippen molar-refractivity contribution in [2.24, 2.45) is 0 Å². The average Bonchev–Trinajstić information content (AvgIpc) is 2.65. The fourth-order valence-electron chi connectivity index (χ4n) is 1.01. The summed E-state index contributed by atoms with van der Waals surface area (Å²) < 4.78 is 5.02. The van der Waals surface area contributed by atoms with Crippen LogP contribution in [0, 0.1) is 6.07 Å². The molecule has 2 N–H and O–H groups in total. The monoisotopic (exact) mass is 206 g/mol. The van der Waals surface area contributed by atoms with Gasteiger partial charge in [-0.1, -0.05) is 11.3 Å². The molecule has 0 atom stereocenters. The molecule has 0 saturated heterocycles. The maximum atomic E-state index is 5.48. The number of rotatable bonds is 2. The smallest absolute Gasteiger partial charge is 0.203 e. The van der Waals surface area contributed by atoms with E-state index in [9.17, 15) is 0 Å². The molecule has 0 bridgehead atoms. The minimum atomic E-state index is 0.462. The number of nitrogens with zero attached hydrogens (tertiary/aromatic N) is 2. The van der Waals surface area contributed by atoms with E-state index in [4.69, 9.17) is 10.5 Å². The van der Waals surface area contributed by atoms with Gasteiger partial charge in [-0.05, 0) is 24.3 Å². The second-order valence-corrected chi connectivity index (χ2v) is 3.60. The molecule has 1 heterocycles. The Labute approximate surface area is 85.4 Å². The van der Waals surface area contributed by atoms with Gasteiger partial charge in [-0.25, -0.2) is 0 Å². The van der Waals surface area contributed by atoms with Gasteiger partial charge in [0.25, 0.3) is 0 Å². The van der Waals surface area contributed by atoms with E-state index in [-0.39, 0.29) is 0 Å². The standard InChI is InChI=1S/C9H8N3OS/c1-13-7-4-2-6(3-5-7)8-11-12-9(10)14-8/h2,4-5H,1H3,(H2,10,12). The zero-order valence-corrected chi connectivity index (χ0v) is 8.34. The van der Waals surface area contributed by atoms with E-state index in [0.29, 0.717) is 5.13 Å². The van der Waals surface area contributed by atoms with E-state index in [1.807, 2.05) is 12.1 Å². The Morgan fingerprint density at radius 1 is 1.43 bits per heavy atom. The van der Waals surface area contributed by atoms with Gasteiger partial charge < -0.3 is 10.5 Å². The van der Waals surface area contributed by atoms with Gasteiger partial charge >= 0.3 is 0 Å². The number of nitrogen functional groups attached to an aromatic ring is 1. The Bertz CT molecular complexity index is 424. The predicted octanol–water partition coefficient (Wildman–Crippen LogP) is 1.60. The number of hydrogen-bond donors (Lipinski definition) is 1. The van der Waals surface area contributed by atoms with Crippen LogP contribution in [0.3, 0.4) is 0 Å². The van der Waals surface area contributed by atoms with Crippen LogP contribution in [-0.4, -0.2) is 17.3 Å². The number of ether oxygens (including phenoxy) is 1. The molecule has 4 nitrogen and oxygen atoms in total. The predicted molar refractivity (Wildman–Crippen MR) is 55.1 cm³/mol. The molecule has 5 heteroatoms. The summed E-state index contributed by atoms with van der Waals surface area (Å²) in [5, 5.41) is 8.87. The van der Waals surface area contributed by atoms with E-state index in [1.165, 1.54) is 11.3 Å². The minimum Gasteiger partial charge on any atom is -0.497 e. The number of nitrogens with two attached hydrogens (primary N) is 1. The van der Waals surface area contributed by atoms with E-state index in [1.54, 1.807) is 13.2 Å². The van der Waals surface area contributed by atoms with E-state index in [2.05, 4.69) is 16.3 Å². The summed E-state index contributed by atoms with van der Waals surface area (Å²) in [7, 11) is 1.62. The first-order valence-corrected chi connectivity index (χ1v) is 4.76. The normalized spacial score (nSPS) is 10.1. The van der Waals surface area contributed by atoms with Gasteiger partial charge in [-0.15, -0.1) is 10.2 Å². The molecule has 0 unspecified atom stereocenters. The van der Waals surface area contributed by atoms with Crippen molar-refractivity contribution >= 4 is 16.5 Å². The zero-order valence-electron chi connectivity index (χ0n) is 7.52. The number of benzene rings is 1. The molecule has 0 aliphatic carbocycles. The van der Waals surface area contributed by atoms with Crippen molar-refractivity contribution in [3.63, 3.8) is 0 Å². The Morgan fingerprint density at radius 3 is 2.79 bits per heavy atom. The van der Waals surface area contributed by atoms with Gasteiger partial charge in [-0.3, -0.25) is 0 Å². The van der Waals surface area contributed by atoms with Crippen LogP contribution in [0.4, 0.5) is 5.13 Å². The van der Waals surface area contributed by atoms with Crippen molar-refractivity contribution < 1.29 is 4.74 Å². The van der Waals surface area contributed by atoms with Crippen molar-refractivity contribution in [3.8, 4) is 16.3 Å². The lowest BCUT2D eigenvalue weighted by molar-refractivity contribution is 0.415. The van der Waals surface area contributed by atoms with Crippen LogP contribution >= 0.6 is 11.3 Å². The first-order chi connectivity index (χ1) is 6.79. The highest BCUT2D eigenvalue weighted by Crippen LogP contribution is 2.25. The van der Waals surface area contributed by atoms with Crippen molar-refractivity contribution in [1.82, 2.24) is 10.2 Å². The van der Waals surface area contributed by atoms with Crippen LogP contribution < -0.4 is 10.5 Å². The Hall–Kier alpha value is -1.62. The maximum Gasteiger partial charge on any atom is 0.203 e. The summed E-state index contributed by atoms with van der Waals surface area (Å²) in [4.78, 5) is 0. The molecule has 1 aromatic heterocycles. The molecule has 1 radical (unpaired) electrons. The highest BCUT2D eigenvalue weighted by Gasteiger charge is 2.04. The fourth-order valence-corrected chi connectivity index (χ4v) is 1.61. The molecule has 0 saturated carbocycles. The first-order valence-electron chi connectivity index (χ1n) is 3.94. The quantitative estimate of drug-likeness (QED) is 0.810. The van der Waals surface area contributed by atoms with Gasteiger partial charge in [0.15, 0.2) is 0 Å². The number of hydrogen-bond acceptors (Lipinski definition) is 5. The van der Waals surface area contributed by atoms with Crippen LogP contribution in [0.15, 0.2) is 18.2 Å². The summed E-state index contributed by atoms with van der Waals surface area (Å²) in [6.45, 7) is 0. The largest absolute Gasteiger partial charge is 0.497 e. The SMILES string of the molecule is COc1c[c]c(-c2nnc(N)s2)cc1. The van der Waals surface area contributed by atoms with Gasteiger partial charge in [0.1, 0.15) is 10.8 Å². The molecule has 14 heavy (non-hydrogen) atoms. The molecule has 0 aliphatic rings. The number of methoxy groups -OCH3 is 1. The lowest BCUT2D eigenvalue weighted by Crippen LogP contribution is -1.82. The second-order valence-electron chi connectivity index (χ2n) is 2.59. The molecular formula is C9H8N3OS. The van der Waals surface area contributed by atoms with Gasteiger partial charge in [0, 0.05) is 5.56 Å². The zero-order chi connectivity index (χ0) is 9.97. The van der Waals surface area contributed by atoms with Gasteiger partial charge in [0.05, 0.1) is 7.11 Å². The van der Waals surface area contributed by atoms with Crippen molar-refractivity contribution in [1.29, 1.82) is 0 Å². The average molecular weight is 206 g/mol. The van der Waals surface area contributed by atoms with Crippen molar-refractivity contribution in [3.05, 3.63) is 24.3 Å². The second kappa shape index (κ2) is 3.63. The highest BCUT2D eigenvalue weighted by atomic mass is 32.1. The van der Waals surface area contributed by atoms with E-state index >= 15 is 0 Å². The molecule has 2 aromatic rings. The molecule has 0 amide bonds. The Kier molecular flexibility index (Phi) is 2.32. The van der Waals surface area contributed by atoms with Crippen LogP contribution in [0.2, 0.25) is 0 Å². The Balaban J connectivity index is 2.33. The lowest BCUT2D eigenvalue weighted by atomic mass is 10.2. The first kappa shape index (κ1) is 8.96. The van der Waals surface area contributed by atoms with Crippen LogP contribution in [0.25, 0.3) is 10.6 Å². The summed E-state index contributed by atoms with van der Waals surface area (Å²) in [5.41, 5.74) is 6.35.